The molecular formula is C26H24N2O2S. The summed E-state index contributed by atoms with van der Waals surface area (Å²) in [5.74, 6) is 0. The Morgan fingerprint density at radius 1 is 0.806 bits per heavy atom. The summed E-state index contributed by atoms with van der Waals surface area (Å²) >= 11 is 0. The normalized spacial score (nSPS) is 16.4. The average molecular weight is 429 g/mol. The first-order valence-corrected chi connectivity index (χ1v) is 11.8. The second kappa shape index (κ2) is 7.52. The van der Waals surface area contributed by atoms with E-state index in [4.69, 9.17) is 0 Å². The molecule has 1 atom stereocenters. The molecule has 1 aliphatic heterocycles. The molecular weight excluding hydrogens is 404 g/mol. The maximum absolute atomic E-state index is 14.0. The number of fused-ring (bicyclic) bond motifs is 3. The van der Waals surface area contributed by atoms with Gasteiger partial charge in [0.15, 0.2) is 0 Å². The molecule has 1 aliphatic rings. The highest BCUT2D eigenvalue weighted by molar-refractivity contribution is 7.89. The number of benzene rings is 3. The summed E-state index contributed by atoms with van der Waals surface area (Å²) in [4.78, 5) is 0.321. The van der Waals surface area contributed by atoms with Crippen LogP contribution in [0.25, 0.3) is 5.69 Å². The highest BCUT2D eigenvalue weighted by Gasteiger charge is 2.37. The zero-order valence-corrected chi connectivity index (χ0v) is 18.4. The van der Waals surface area contributed by atoms with Crippen molar-refractivity contribution in [2.75, 3.05) is 0 Å². The maximum Gasteiger partial charge on any atom is 0.244 e. The van der Waals surface area contributed by atoms with Gasteiger partial charge in [-0.15, -0.1) is 0 Å². The van der Waals surface area contributed by atoms with Gasteiger partial charge in [0, 0.05) is 24.1 Å². The third kappa shape index (κ3) is 3.40. The van der Waals surface area contributed by atoms with Crippen LogP contribution < -0.4 is 0 Å². The van der Waals surface area contributed by atoms with Crippen molar-refractivity contribution in [1.82, 2.24) is 8.87 Å². The van der Waals surface area contributed by atoms with Gasteiger partial charge in [0.2, 0.25) is 10.0 Å². The number of sulfonamides is 1. The molecule has 5 rings (SSSR count). The minimum Gasteiger partial charge on any atom is -0.319 e. The van der Waals surface area contributed by atoms with E-state index in [9.17, 15) is 8.42 Å². The molecule has 0 unspecified atom stereocenters. The summed E-state index contributed by atoms with van der Waals surface area (Å²) < 4.78 is 31.8. The van der Waals surface area contributed by atoms with Gasteiger partial charge >= 0.3 is 0 Å². The zero-order valence-electron chi connectivity index (χ0n) is 17.6. The Hall–Kier alpha value is -3.15. The van der Waals surface area contributed by atoms with E-state index in [-0.39, 0.29) is 0 Å². The van der Waals surface area contributed by atoms with Crippen LogP contribution in [0.1, 0.15) is 34.0 Å². The molecule has 156 valence electrons. The fraction of sp³-hybridized carbons (Fsp3) is 0.154. The smallest absolute Gasteiger partial charge is 0.244 e. The average Bonchev–Trinajstić information content (AvgIpc) is 3.19. The van der Waals surface area contributed by atoms with Crippen LogP contribution in [-0.4, -0.2) is 17.3 Å². The SMILES string of the molecule is Cc1ccc([C@@H]2c3cccn3-c3ccccc3CN2S(=O)(=O)c2cccc(C)c2)cc1. The second-order valence-corrected chi connectivity index (χ2v) is 10.0. The summed E-state index contributed by atoms with van der Waals surface area (Å²) in [6.07, 6.45) is 2.01. The van der Waals surface area contributed by atoms with E-state index in [0.717, 1.165) is 33.6 Å². The molecule has 2 heterocycles. The fourth-order valence-corrected chi connectivity index (χ4v) is 6.02. The fourth-order valence-electron chi connectivity index (χ4n) is 4.34. The number of rotatable bonds is 3. The molecule has 3 aromatic carbocycles. The van der Waals surface area contributed by atoms with E-state index in [1.807, 2.05) is 86.8 Å². The Morgan fingerprint density at radius 3 is 2.35 bits per heavy atom. The van der Waals surface area contributed by atoms with Crippen molar-refractivity contribution in [1.29, 1.82) is 0 Å². The molecule has 0 aliphatic carbocycles. The molecule has 1 aromatic heterocycles. The van der Waals surface area contributed by atoms with Gasteiger partial charge in [-0.2, -0.15) is 4.31 Å². The highest BCUT2D eigenvalue weighted by atomic mass is 32.2. The quantitative estimate of drug-likeness (QED) is 0.439. The lowest BCUT2D eigenvalue weighted by molar-refractivity contribution is 0.353. The topological polar surface area (TPSA) is 42.3 Å². The first kappa shape index (κ1) is 19.8. The monoisotopic (exact) mass is 428 g/mol. The maximum atomic E-state index is 14.0. The van der Waals surface area contributed by atoms with Crippen LogP contribution in [0.2, 0.25) is 0 Å². The Morgan fingerprint density at radius 2 is 1.58 bits per heavy atom. The Kier molecular flexibility index (Phi) is 4.80. The predicted molar refractivity (Wildman–Crippen MR) is 123 cm³/mol. The summed E-state index contributed by atoms with van der Waals surface area (Å²) in [5, 5.41) is 0. The first-order valence-electron chi connectivity index (χ1n) is 10.4. The lowest BCUT2D eigenvalue weighted by atomic mass is 10.0. The number of aryl methyl sites for hydroxylation is 2. The van der Waals surface area contributed by atoms with Crippen molar-refractivity contribution >= 4 is 10.0 Å². The minimum absolute atomic E-state index is 0.298. The van der Waals surface area contributed by atoms with Crippen molar-refractivity contribution < 1.29 is 8.42 Å². The van der Waals surface area contributed by atoms with Crippen LogP contribution in [0.5, 0.6) is 0 Å². The third-order valence-corrected chi connectivity index (χ3v) is 7.72. The van der Waals surface area contributed by atoms with Crippen LogP contribution in [0, 0.1) is 13.8 Å². The Labute approximate surface area is 183 Å². The standard InChI is InChI=1S/C26H24N2O2S/c1-19-12-14-21(15-13-19)26-25-11-6-16-27(25)24-10-4-3-8-22(24)18-28(26)31(29,30)23-9-5-7-20(2)17-23/h3-17,26H,18H2,1-2H3/t26-/m1/s1. The molecule has 4 aromatic rings. The minimum atomic E-state index is -3.76. The van der Waals surface area contributed by atoms with Gasteiger partial charge in [-0.1, -0.05) is 60.2 Å². The third-order valence-electron chi connectivity index (χ3n) is 5.91. The molecule has 0 saturated carbocycles. The molecule has 5 heteroatoms. The first-order chi connectivity index (χ1) is 14.9. The summed E-state index contributed by atoms with van der Waals surface area (Å²) in [6.45, 7) is 4.25. The number of aromatic nitrogens is 1. The summed E-state index contributed by atoms with van der Waals surface area (Å²) in [5.41, 5.74) is 5.95. The van der Waals surface area contributed by atoms with Crippen LogP contribution in [0.15, 0.2) is 96.0 Å². The summed E-state index contributed by atoms with van der Waals surface area (Å²) in [7, 11) is -3.76. The van der Waals surface area contributed by atoms with Crippen molar-refractivity contribution in [2.24, 2.45) is 0 Å². The lowest BCUT2D eigenvalue weighted by Gasteiger charge is -2.30. The van der Waals surface area contributed by atoms with Crippen molar-refractivity contribution in [3.63, 3.8) is 0 Å². The van der Waals surface area contributed by atoms with E-state index >= 15 is 0 Å². The van der Waals surface area contributed by atoms with Gasteiger partial charge in [-0.25, -0.2) is 8.42 Å². The molecule has 0 radical (unpaired) electrons. The predicted octanol–water partition coefficient (Wildman–Crippen LogP) is 5.39. The molecule has 0 spiro atoms. The molecule has 0 fully saturated rings. The number of nitrogens with zero attached hydrogens (tertiary/aromatic N) is 2. The second-order valence-electron chi connectivity index (χ2n) is 8.11. The van der Waals surface area contributed by atoms with E-state index in [1.54, 1.807) is 22.5 Å². The Bertz CT molecular complexity index is 1350. The van der Waals surface area contributed by atoms with Gasteiger partial charge in [0.05, 0.1) is 10.9 Å². The van der Waals surface area contributed by atoms with Crippen LogP contribution in [0.4, 0.5) is 0 Å². The Balaban J connectivity index is 1.77. The highest BCUT2D eigenvalue weighted by Crippen LogP contribution is 2.39. The van der Waals surface area contributed by atoms with Crippen LogP contribution in [0.3, 0.4) is 0 Å². The molecule has 31 heavy (non-hydrogen) atoms. The largest absolute Gasteiger partial charge is 0.319 e. The van der Waals surface area contributed by atoms with E-state index < -0.39 is 16.1 Å². The van der Waals surface area contributed by atoms with Crippen LogP contribution >= 0.6 is 0 Å². The zero-order chi connectivity index (χ0) is 21.6. The molecule has 0 N–H and O–H groups in total. The lowest BCUT2D eigenvalue weighted by Crippen LogP contribution is -2.34. The van der Waals surface area contributed by atoms with Gasteiger partial charge in [-0.3, -0.25) is 0 Å². The molecule has 4 nitrogen and oxygen atoms in total. The van der Waals surface area contributed by atoms with Gasteiger partial charge in [0.25, 0.3) is 0 Å². The molecule has 0 bridgehead atoms. The van der Waals surface area contributed by atoms with E-state index in [2.05, 4.69) is 4.57 Å². The van der Waals surface area contributed by atoms with Crippen molar-refractivity contribution in [2.45, 2.75) is 31.3 Å². The molecule has 0 amide bonds. The van der Waals surface area contributed by atoms with Gasteiger partial charge < -0.3 is 4.57 Å². The number of hydrogen-bond donors (Lipinski definition) is 0. The van der Waals surface area contributed by atoms with Crippen molar-refractivity contribution in [3.05, 3.63) is 119 Å². The summed E-state index contributed by atoms with van der Waals surface area (Å²) in [6, 6.07) is 26.9. The van der Waals surface area contributed by atoms with Crippen LogP contribution in [-0.2, 0) is 16.6 Å². The van der Waals surface area contributed by atoms with Gasteiger partial charge in [-0.05, 0) is 60.9 Å². The van der Waals surface area contributed by atoms with E-state index in [0.29, 0.717) is 11.4 Å². The van der Waals surface area contributed by atoms with Crippen molar-refractivity contribution in [3.8, 4) is 5.69 Å². The number of hydrogen-bond acceptors (Lipinski definition) is 2. The van der Waals surface area contributed by atoms with Gasteiger partial charge in [0.1, 0.15) is 0 Å². The number of para-hydroxylation sites is 1. The molecule has 0 saturated heterocycles. The van der Waals surface area contributed by atoms with E-state index in [1.165, 1.54) is 0 Å².